The van der Waals surface area contributed by atoms with Gasteiger partial charge in [-0.15, -0.1) is 0 Å². The summed E-state index contributed by atoms with van der Waals surface area (Å²) in [5.41, 5.74) is -0.555. The molecule has 0 N–H and O–H groups in total. The zero-order valence-corrected chi connectivity index (χ0v) is 11.1. The Kier molecular flexibility index (Phi) is 8.50. The summed E-state index contributed by atoms with van der Waals surface area (Å²) in [6.45, 7) is 5.47. The predicted molar refractivity (Wildman–Crippen MR) is 75.4 cm³/mol. The van der Waals surface area contributed by atoms with Crippen LogP contribution in [0.4, 0.5) is 13.2 Å². The van der Waals surface area contributed by atoms with Crippen molar-refractivity contribution in [3.05, 3.63) is 0 Å². The fraction of sp³-hybridized carbons (Fsp3) is 0.933. The van der Waals surface area contributed by atoms with Gasteiger partial charge in [-0.25, -0.2) is 0 Å². The van der Waals surface area contributed by atoms with Gasteiger partial charge in [0.25, 0.3) is 0 Å². The lowest BCUT2D eigenvalue weighted by Crippen LogP contribution is -2.35. The molecule has 0 radical (unpaired) electrons. The molecule has 20 heavy (non-hydrogen) atoms. The van der Waals surface area contributed by atoms with Gasteiger partial charge in [0.15, 0.2) is 0 Å². The predicted octanol–water partition coefficient (Wildman–Crippen LogP) is 5.36. The van der Waals surface area contributed by atoms with Crippen LogP contribution in [0.2, 0.25) is 0 Å². The van der Waals surface area contributed by atoms with Crippen LogP contribution in [0.5, 0.6) is 0 Å². The van der Waals surface area contributed by atoms with Gasteiger partial charge in [0.1, 0.15) is 6.10 Å². The lowest BCUT2D eigenvalue weighted by atomic mass is 9.86. The molecule has 0 unspecified atom stereocenters. The van der Waals surface area contributed by atoms with E-state index in [2.05, 4.69) is 0 Å². The summed E-state index contributed by atoms with van der Waals surface area (Å²) in [6.07, 6.45) is -3.05. The normalized spacial score (nSPS) is 23.3. The smallest absolute Gasteiger partial charge is 0.391 e. The maximum atomic E-state index is 12.5. The SMILES string of the molecule is C.C.CCC(C)(C)C(=O)OC1CCC(C(F)(F)F)CC1. The molecule has 5 heteroatoms. The third-order valence-corrected chi connectivity index (χ3v) is 3.85. The number of esters is 1. The highest BCUT2D eigenvalue weighted by Gasteiger charge is 2.42. The van der Waals surface area contributed by atoms with Crippen LogP contribution >= 0.6 is 0 Å². The summed E-state index contributed by atoms with van der Waals surface area (Å²) in [7, 11) is 0. The van der Waals surface area contributed by atoms with Crippen molar-refractivity contribution < 1.29 is 22.7 Å². The van der Waals surface area contributed by atoms with E-state index >= 15 is 0 Å². The minimum absolute atomic E-state index is 0. The first-order chi connectivity index (χ1) is 8.16. The Morgan fingerprint density at radius 3 is 1.90 bits per heavy atom. The number of carbonyl (C=O) groups excluding carboxylic acids is 1. The Bertz CT molecular complexity index is 290. The standard InChI is InChI=1S/C13H21F3O2.2CH4/c1-4-12(2,3)11(17)18-10-7-5-9(6-8-10)13(14,15)16;;/h9-10H,4-8H2,1-3H3;2*1H4. The molecule has 0 bridgehead atoms. The molecular formula is C15H29F3O2. The van der Waals surface area contributed by atoms with Crippen LogP contribution in [0.1, 0.15) is 67.7 Å². The van der Waals surface area contributed by atoms with Crippen molar-refractivity contribution >= 4 is 5.97 Å². The molecular weight excluding hydrogens is 269 g/mol. The molecule has 0 aromatic heterocycles. The van der Waals surface area contributed by atoms with Gasteiger partial charge in [-0.3, -0.25) is 4.79 Å². The van der Waals surface area contributed by atoms with Crippen LogP contribution in [-0.4, -0.2) is 18.2 Å². The Balaban J connectivity index is 0. The minimum atomic E-state index is -4.11. The number of rotatable bonds is 3. The number of hydrogen-bond acceptors (Lipinski definition) is 2. The number of halogens is 3. The summed E-state index contributed by atoms with van der Waals surface area (Å²) in [5, 5.41) is 0. The Hall–Kier alpha value is -0.740. The van der Waals surface area contributed by atoms with Gasteiger partial charge < -0.3 is 4.74 Å². The lowest BCUT2D eigenvalue weighted by Gasteiger charge is -2.31. The highest BCUT2D eigenvalue weighted by molar-refractivity contribution is 5.75. The van der Waals surface area contributed by atoms with Gasteiger partial charge in [0, 0.05) is 0 Å². The van der Waals surface area contributed by atoms with E-state index in [1.165, 1.54) is 0 Å². The maximum Gasteiger partial charge on any atom is 0.391 e. The van der Waals surface area contributed by atoms with Crippen LogP contribution < -0.4 is 0 Å². The van der Waals surface area contributed by atoms with Gasteiger partial charge in [-0.1, -0.05) is 21.8 Å². The van der Waals surface area contributed by atoms with Crippen LogP contribution in [-0.2, 0) is 9.53 Å². The van der Waals surface area contributed by atoms with E-state index in [1.807, 2.05) is 6.92 Å². The molecule has 0 aromatic rings. The van der Waals surface area contributed by atoms with Gasteiger partial charge in [0.2, 0.25) is 0 Å². The Morgan fingerprint density at radius 1 is 1.10 bits per heavy atom. The molecule has 0 saturated heterocycles. The van der Waals surface area contributed by atoms with Crippen molar-refractivity contribution in [1.82, 2.24) is 0 Å². The second-order valence-electron chi connectivity index (χ2n) is 5.66. The fourth-order valence-electron chi connectivity index (χ4n) is 1.96. The molecule has 1 aliphatic carbocycles. The van der Waals surface area contributed by atoms with E-state index in [1.54, 1.807) is 13.8 Å². The topological polar surface area (TPSA) is 26.3 Å². The molecule has 1 saturated carbocycles. The van der Waals surface area contributed by atoms with Crippen LogP contribution in [0.3, 0.4) is 0 Å². The monoisotopic (exact) mass is 298 g/mol. The van der Waals surface area contributed by atoms with Crippen molar-refractivity contribution in [1.29, 1.82) is 0 Å². The first-order valence-corrected chi connectivity index (χ1v) is 6.44. The first-order valence-electron chi connectivity index (χ1n) is 6.44. The van der Waals surface area contributed by atoms with Gasteiger partial charge in [0.05, 0.1) is 11.3 Å². The average Bonchev–Trinajstić information content (AvgIpc) is 2.28. The number of carbonyl (C=O) groups is 1. The summed E-state index contributed by atoms with van der Waals surface area (Å²) in [4.78, 5) is 11.8. The molecule has 0 amide bonds. The second kappa shape index (κ2) is 7.89. The quantitative estimate of drug-likeness (QED) is 0.656. The van der Waals surface area contributed by atoms with E-state index in [4.69, 9.17) is 4.74 Å². The number of ether oxygens (including phenoxy) is 1. The van der Waals surface area contributed by atoms with E-state index < -0.39 is 17.5 Å². The van der Waals surface area contributed by atoms with E-state index in [-0.39, 0.29) is 39.8 Å². The largest absolute Gasteiger partial charge is 0.462 e. The molecule has 1 fully saturated rings. The van der Waals surface area contributed by atoms with Gasteiger partial charge in [-0.05, 0) is 46.0 Å². The number of hydrogen-bond donors (Lipinski definition) is 0. The minimum Gasteiger partial charge on any atom is -0.462 e. The molecule has 0 aromatic carbocycles. The highest BCUT2D eigenvalue weighted by atomic mass is 19.4. The molecule has 1 aliphatic rings. The van der Waals surface area contributed by atoms with Crippen molar-refractivity contribution in [3.63, 3.8) is 0 Å². The van der Waals surface area contributed by atoms with Crippen LogP contribution in [0.15, 0.2) is 0 Å². The Morgan fingerprint density at radius 2 is 1.55 bits per heavy atom. The van der Waals surface area contributed by atoms with E-state index in [9.17, 15) is 18.0 Å². The van der Waals surface area contributed by atoms with Crippen LogP contribution in [0, 0.1) is 11.3 Å². The molecule has 122 valence electrons. The van der Waals surface area contributed by atoms with Crippen molar-refractivity contribution in [2.24, 2.45) is 11.3 Å². The molecule has 2 nitrogen and oxygen atoms in total. The summed E-state index contributed by atoms with van der Waals surface area (Å²) in [6, 6.07) is 0. The summed E-state index contributed by atoms with van der Waals surface area (Å²) < 4.78 is 42.7. The Labute approximate surface area is 121 Å². The zero-order valence-electron chi connectivity index (χ0n) is 11.1. The fourth-order valence-corrected chi connectivity index (χ4v) is 1.96. The molecule has 0 heterocycles. The van der Waals surface area contributed by atoms with Crippen molar-refractivity contribution in [2.75, 3.05) is 0 Å². The molecule has 0 aliphatic heterocycles. The third kappa shape index (κ3) is 5.71. The highest BCUT2D eigenvalue weighted by Crippen LogP contribution is 2.38. The van der Waals surface area contributed by atoms with Crippen molar-refractivity contribution in [3.8, 4) is 0 Å². The first kappa shape index (κ1) is 21.6. The molecule has 0 spiro atoms. The van der Waals surface area contributed by atoms with E-state index in [0.717, 1.165) is 0 Å². The zero-order chi connectivity index (χ0) is 14.0. The third-order valence-electron chi connectivity index (χ3n) is 3.85. The summed E-state index contributed by atoms with van der Waals surface area (Å²) >= 11 is 0. The van der Waals surface area contributed by atoms with Crippen LogP contribution in [0.25, 0.3) is 0 Å². The van der Waals surface area contributed by atoms with Gasteiger partial charge >= 0.3 is 12.1 Å². The lowest BCUT2D eigenvalue weighted by molar-refractivity contribution is -0.190. The molecule has 0 atom stereocenters. The molecule has 1 rings (SSSR count). The van der Waals surface area contributed by atoms with Crippen molar-refractivity contribution in [2.45, 2.75) is 80.0 Å². The maximum absolute atomic E-state index is 12.5. The number of alkyl halides is 3. The van der Waals surface area contributed by atoms with E-state index in [0.29, 0.717) is 19.3 Å². The average molecular weight is 298 g/mol. The second-order valence-corrected chi connectivity index (χ2v) is 5.66. The summed E-state index contributed by atoms with van der Waals surface area (Å²) in [5.74, 6) is -1.54. The van der Waals surface area contributed by atoms with Gasteiger partial charge in [-0.2, -0.15) is 13.2 Å².